The summed E-state index contributed by atoms with van der Waals surface area (Å²) in [5, 5.41) is 23.1. The van der Waals surface area contributed by atoms with Gasteiger partial charge in [-0.3, -0.25) is 0 Å². The topological polar surface area (TPSA) is 76.3 Å². The minimum atomic E-state index is -0.537. The summed E-state index contributed by atoms with van der Waals surface area (Å²) in [6.45, 7) is 0. The number of nitrogens with one attached hydrogen (secondary N) is 3. The Kier molecular flexibility index (Phi) is 4.75. The molecule has 0 aliphatic heterocycles. The van der Waals surface area contributed by atoms with Gasteiger partial charge in [-0.15, -0.1) is 0 Å². The predicted octanol–water partition coefficient (Wildman–Crippen LogP) is -3.04. The first-order chi connectivity index (χ1) is 5.11. The van der Waals surface area contributed by atoms with Crippen LogP contribution < -0.4 is 15.6 Å². The number of hydrogen-bond donors (Lipinski definition) is 3. The predicted molar refractivity (Wildman–Crippen MR) is 38.7 cm³/mol. The third kappa shape index (κ3) is 3.91. The average molecular weight is 163 g/mol. The Morgan fingerprint density at radius 1 is 1.55 bits per heavy atom. The second-order valence-electron chi connectivity index (χ2n) is 1.89. The Bertz CT molecular complexity index is 137. The van der Waals surface area contributed by atoms with E-state index in [1.54, 1.807) is 7.05 Å². The van der Waals surface area contributed by atoms with E-state index in [0.29, 0.717) is 0 Å². The Hall–Kier alpha value is -0.660. The summed E-state index contributed by atoms with van der Waals surface area (Å²) < 4.78 is 0. The molecule has 66 valence electrons. The van der Waals surface area contributed by atoms with Gasteiger partial charge in [-0.1, -0.05) is 0 Å². The van der Waals surface area contributed by atoms with Crippen molar-refractivity contribution >= 4 is 0 Å². The summed E-state index contributed by atoms with van der Waals surface area (Å²) in [5.74, 6) is 0.247. The van der Waals surface area contributed by atoms with E-state index in [-0.39, 0.29) is 10.9 Å². The zero-order valence-electron chi connectivity index (χ0n) is 6.80. The number of hydroxylamine groups is 4. The van der Waals surface area contributed by atoms with Crippen molar-refractivity contribution in [1.29, 1.82) is 0 Å². The first-order valence-electron chi connectivity index (χ1n) is 3.10. The van der Waals surface area contributed by atoms with Gasteiger partial charge in [-0.25, -0.2) is 4.84 Å². The molecular weight excluding hydrogens is 150 g/mol. The summed E-state index contributed by atoms with van der Waals surface area (Å²) in [7, 11) is 4.19. The van der Waals surface area contributed by atoms with Crippen LogP contribution in [0.2, 0.25) is 0 Å². The molecule has 0 aliphatic rings. The standard InChI is InChI=1S/C5H13N3O3/c1-6-5(7(2)9)4-8(10)11-3/h4,6-8H,1-3H3/b5-4-. The van der Waals surface area contributed by atoms with Gasteiger partial charge in [0.05, 0.1) is 14.2 Å². The second kappa shape index (κ2) is 5.05. The van der Waals surface area contributed by atoms with Crippen molar-refractivity contribution in [2.75, 3.05) is 21.2 Å². The molecule has 0 aromatic carbocycles. The lowest BCUT2D eigenvalue weighted by Crippen LogP contribution is -3.08. The molecule has 6 heteroatoms. The molecule has 3 N–H and O–H groups in total. The lowest BCUT2D eigenvalue weighted by molar-refractivity contribution is -1.01. The van der Waals surface area contributed by atoms with Crippen LogP contribution in [0, 0.1) is 10.4 Å². The van der Waals surface area contributed by atoms with Crippen molar-refractivity contribution in [2.45, 2.75) is 0 Å². The van der Waals surface area contributed by atoms with E-state index in [9.17, 15) is 10.4 Å². The molecule has 0 saturated carbocycles. The minimum absolute atomic E-state index is 0.196. The summed E-state index contributed by atoms with van der Waals surface area (Å²) in [4.78, 5) is 4.33. The molecule has 0 aromatic rings. The Balaban J connectivity index is 4.10. The van der Waals surface area contributed by atoms with Gasteiger partial charge in [0.1, 0.15) is 0 Å². The molecule has 0 bridgehead atoms. The van der Waals surface area contributed by atoms with E-state index in [4.69, 9.17) is 0 Å². The van der Waals surface area contributed by atoms with Gasteiger partial charge in [0.2, 0.25) is 6.20 Å². The van der Waals surface area contributed by atoms with Gasteiger partial charge in [0, 0.05) is 7.05 Å². The number of rotatable bonds is 4. The van der Waals surface area contributed by atoms with Gasteiger partial charge >= 0.3 is 0 Å². The molecule has 11 heavy (non-hydrogen) atoms. The van der Waals surface area contributed by atoms with Crippen LogP contribution in [-0.4, -0.2) is 21.2 Å². The summed E-state index contributed by atoms with van der Waals surface area (Å²) in [6.07, 6.45) is 1.11. The van der Waals surface area contributed by atoms with Gasteiger partial charge in [0.25, 0.3) is 5.82 Å². The third-order valence-corrected chi connectivity index (χ3v) is 1.11. The van der Waals surface area contributed by atoms with Crippen LogP contribution in [0.3, 0.4) is 0 Å². The van der Waals surface area contributed by atoms with E-state index in [2.05, 4.69) is 10.2 Å². The van der Waals surface area contributed by atoms with Crippen molar-refractivity contribution in [3.05, 3.63) is 22.4 Å². The Morgan fingerprint density at radius 3 is 2.36 bits per heavy atom. The van der Waals surface area contributed by atoms with Crippen molar-refractivity contribution in [1.82, 2.24) is 5.32 Å². The van der Waals surface area contributed by atoms with Crippen molar-refractivity contribution < 1.29 is 15.1 Å². The molecule has 0 aromatic heterocycles. The van der Waals surface area contributed by atoms with E-state index >= 15 is 0 Å². The summed E-state index contributed by atoms with van der Waals surface area (Å²) in [6, 6.07) is 0. The maximum Gasteiger partial charge on any atom is 0.257 e. The zero-order chi connectivity index (χ0) is 8.85. The quantitative estimate of drug-likeness (QED) is 0.385. The molecule has 0 saturated heterocycles. The van der Waals surface area contributed by atoms with E-state index < -0.39 is 5.23 Å². The molecule has 0 spiro atoms. The van der Waals surface area contributed by atoms with E-state index in [0.717, 1.165) is 6.20 Å². The van der Waals surface area contributed by atoms with Gasteiger partial charge in [-0.2, -0.15) is 5.23 Å². The highest BCUT2D eigenvalue weighted by molar-refractivity contribution is 4.78. The molecular formula is C5H13N3O3. The lowest BCUT2D eigenvalue weighted by Gasteiger charge is -2.19. The summed E-state index contributed by atoms with van der Waals surface area (Å²) >= 11 is 0. The first-order valence-corrected chi connectivity index (χ1v) is 3.10. The van der Waals surface area contributed by atoms with Crippen LogP contribution in [0.4, 0.5) is 0 Å². The fourth-order valence-electron chi connectivity index (χ4n) is 0.527. The minimum Gasteiger partial charge on any atom is -0.628 e. The second-order valence-corrected chi connectivity index (χ2v) is 1.89. The van der Waals surface area contributed by atoms with Crippen LogP contribution in [0.5, 0.6) is 0 Å². The van der Waals surface area contributed by atoms with E-state index in [1.807, 2.05) is 0 Å². The van der Waals surface area contributed by atoms with Crippen molar-refractivity contribution in [3.8, 4) is 0 Å². The highest BCUT2D eigenvalue weighted by Gasteiger charge is 2.01. The average Bonchev–Trinajstić information content (AvgIpc) is 1.99. The lowest BCUT2D eigenvalue weighted by atomic mass is 10.7. The molecule has 0 fully saturated rings. The normalized spacial score (nSPS) is 17.7. The van der Waals surface area contributed by atoms with Crippen LogP contribution in [0.1, 0.15) is 0 Å². The maximum atomic E-state index is 10.7. The van der Waals surface area contributed by atoms with Crippen LogP contribution in [0.15, 0.2) is 12.0 Å². The van der Waals surface area contributed by atoms with Gasteiger partial charge in [-0.05, 0) is 0 Å². The molecule has 0 heterocycles. The summed E-state index contributed by atoms with van der Waals surface area (Å²) in [5.41, 5.74) is 0. The smallest absolute Gasteiger partial charge is 0.257 e. The fourth-order valence-corrected chi connectivity index (χ4v) is 0.527. The zero-order valence-corrected chi connectivity index (χ0v) is 6.80. The molecule has 0 rings (SSSR count). The molecule has 2 unspecified atom stereocenters. The van der Waals surface area contributed by atoms with Gasteiger partial charge in [0.15, 0.2) is 0 Å². The monoisotopic (exact) mass is 163 g/mol. The van der Waals surface area contributed by atoms with Crippen molar-refractivity contribution in [3.63, 3.8) is 0 Å². The molecule has 6 nitrogen and oxygen atoms in total. The maximum absolute atomic E-state index is 10.7. The Morgan fingerprint density at radius 2 is 2.09 bits per heavy atom. The number of quaternary nitrogens is 2. The molecule has 0 aliphatic carbocycles. The first kappa shape index (κ1) is 10.3. The molecule has 0 amide bonds. The highest BCUT2D eigenvalue weighted by atomic mass is 16.9. The van der Waals surface area contributed by atoms with E-state index in [1.165, 1.54) is 14.2 Å². The molecule has 2 atom stereocenters. The van der Waals surface area contributed by atoms with Crippen LogP contribution in [-0.2, 0) is 4.84 Å². The Labute approximate surface area is 65.1 Å². The molecule has 0 radical (unpaired) electrons. The fraction of sp³-hybridized carbons (Fsp3) is 0.600. The van der Waals surface area contributed by atoms with Crippen LogP contribution in [0.25, 0.3) is 0 Å². The largest absolute Gasteiger partial charge is 0.628 e. The SMILES string of the molecule is CN/C(=C/[NH+]([O-])OC)[NH+](C)[O-]. The highest BCUT2D eigenvalue weighted by Crippen LogP contribution is 1.64. The van der Waals surface area contributed by atoms with Gasteiger partial charge < -0.3 is 20.8 Å². The third-order valence-electron chi connectivity index (χ3n) is 1.11. The van der Waals surface area contributed by atoms with Crippen LogP contribution >= 0.6 is 0 Å². The number of hydrogen-bond acceptors (Lipinski definition) is 4. The van der Waals surface area contributed by atoms with Crippen molar-refractivity contribution in [2.24, 2.45) is 0 Å².